The zero-order valence-corrected chi connectivity index (χ0v) is 13.4. The molecular formula is C16H23NO3S. The fraction of sp³-hybridized carbons (Fsp3) is 0.562. The number of ether oxygens (including phenoxy) is 2. The quantitative estimate of drug-likeness (QED) is 0.785. The van der Waals surface area contributed by atoms with Crippen molar-refractivity contribution in [1.82, 2.24) is 5.32 Å². The van der Waals surface area contributed by atoms with Gasteiger partial charge in [-0.05, 0) is 30.5 Å². The fourth-order valence-corrected chi connectivity index (χ4v) is 3.66. The second-order valence-electron chi connectivity index (χ2n) is 5.24. The Morgan fingerprint density at radius 1 is 1.33 bits per heavy atom. The van der Waals surface area contributed by atoms with E-state index in [2.05, 4.69) is 22.2 Å². The number of nitrogens with one attached hydrogen (secondary N) is 1. The van der Waals surface area contributed by atoms with Crippen molar-refractivity contribution in [2.24, 2.45) is 0 Å². The monoisotopic (exact) mass is 309 g/mol. The first-order chi connectivity index (χ1) is 10.2. The molecule has 1 fully saturated rings. The largest absolute Gasteiger partial charge is 0.497 e. The normalized spacial score (nSPS) is 21.2. The van der Waals surface area contributed by atoms with Gasteiger partial charge in [0.1, 0.15) is 5.75 Å². The predicted molar refractivity (Wildman–Crippen MR) is 85.7 cm³/mol. The summed E-state index contributed by atoms with van der Waals surface area (Å²) in [7, 11) is 3.13. The van der Waals surface area contributed by atoms with Gasteiger partial charge in [0.2, 0.25) is 0 Å². The van der Waals surface area contributed by atoms with Gasteiger partial charge in [-0.15, -0.1) is 0 Å². The number of methoxy groups -OCH3 is 2. The van der Waals surface area contributed by atoms with Crippen LogP contribution in [-0.2, 0) is 15.3 Å². The zero-order valence-electron chi connectivity index (χ0n) is 12.6. The Bertz CT molecular complexity index is 449. The molecule has 1 aromatic rings. The second-order valence-corrected chi connectivity index (χ2v) is 6.53. The molecule has 1 saturated heterocycles. The van der Waals surface area contributed by atoms with Crippen molar-refractivity contribution in [3.8, 4) is 5.75 Å². The van der Waals surface area contributed by atoms with E-state index in [0.29, 0.717) is 17.7 Å². The van der Waals surface area contributed by atoms with E-state index >= 15 is 0 Å². The lowest BCUT2D eigenvalue weighted by atomic mass is 10.1. The van der Waals surface area contributed by atoms with Crippen LogP contribution in [0.1, 0.15) is 24.8 Å². The Morgan fingerprint density at radius 2 is 2.10 bits per heavy atom. The average Bonchev–Trinajstić information content (AvgIpc) is 2.99. The fourth-order valence-electron chi connectivity index (χ4n) is 2.46. The Hall–Kier alpha value is -1.20. The average molecular weight is 309 g/mol. The standard InChI is InChI=1S/C16H23NO3S/c1-19-14-6-3-12(4-7-14)11-21-15-9-13(17-10-15)5-8-16(18)20-2/h3-4,6-7,13,15,17H,5,8-11H2,1-2H3/t13-,15-/m1/s1. The Kier molecular flexibility index (Phi) is 6.39. The van der Waals surface area contributed by atoms with E-state index < -0.39 is 0 Å². The van der Waals surface area contributed by atoms with E-state index in [-0.39, 0.29) is 5.97 Å². The smallest absolute Gasteiger partial charge is 0.305 e. The van der Waals surface area contributed by atoms with Crippen LogP contribution >= 0.6 is 11.8 Å². The molecule has 2 atom stereocenters. The molecule has 0 aliphatic carbocycles. The number of carbonyl (C=O) groups is 1. The number of carbonyl (C=O) groups excluding carboxylic acids is 1. The van der Waals surface area contributed by atoms with Crippen molar-refractivity contribution < 1.29 is 14.3 Å². The van der Waals surface area contributed by atoms with Gasteiger partial charge in [-0.1, -0.05) is 12.1 Å². The number of hydrogen-bond donors (Lipinski definition) is 1. The summed E-state index contributed by atoms with van der Waals surface area (Å²) in [5, 5.41) is 4.11. The van der Waals surface area contributed by atoms with Crippen molar-refractivity contribution in [3.05, 3.63) is 29.8 Å². The lowest BCUT2D eigenvalue weighted by Gasteiger charge is -2.10. The maximum Gasteiger partial charge on any atom is 0.305 e. The molecule has 0 unspecified atom stereocenters. The maximum absolute atomic E-state index is 11.1. The van der Waals surface area contributed by atoms with E-state index in [1.807, 2.05) is 23.9 Å². The van der Waals surface area contributed by atoms with Gasteiger partial charge in [0.05, 0.1) is 14.2 Å². The van der Waals surface area contributed by atoms with E-state index in [1.54, 1.807) is 7.11 Å². The second kappa shape index (κ2) is 8.29. The van der Waals surface area contributed by atoms with Gasteiger partial charge in [-0.3, -0.25) is 4.79 Å². The number of benzene rings is 1. The highest BCUT2D eigenvalue weighted by Crippen LogP contribution is 2.27. The molecule has 2 rings (SSSR count). The Morgan fingerprint density at radius 3 is 2.76 bits per heavy atom. The number of esters is 1. The number of thioether (sulfide) groups is 1. The maximum atomic E-state index is 11.1. The molecule has 0 aromatic heterocycles. The van der Waals surface area contributed by atoms with Crippen LogP contribution in [0.2, 0.25) is 0 Å². The molecule has 0 bridgehead atoms. The molecule has 116 valence electrons. The summed E-state index contributed by atoms with van der Waals surface area (Å²) in [6, 6.07) is 8.67. The van der Waals surface area contributed by atoms with Gasteiger partial charge in [0.25, 0.3) is 0 Å². The molecule has 0 saturated carbocycles. The third-order valence-corrected chi connectivity index (χ3v) is 5.08. The van der Waals surface area contributed by atoms with Gasteiger partial charge in [-0.2, -0.15) is 11.8 Å². The first kappa shape index (κ1) is 16.2. The minimum atomic E-state index is -0.119. The molecular weight excluding hydrogens is 286 g/mol. The molecule has 4 nitrogen and oxygen atoms in total. The summed E-state index contributed by atoms with van der Waals surface area (Å²) >= 11 is 1.97. The van der Waals surface area contributed by atoms with Crippen LogP contribution in [0, 0.1) is 0 Å². The lowest BCUT2D eigenvalue weighted by Crippen LogP contribution is -2.22. The summed E-state index contributed by atoms with van der Waals surface area (Å²) in [6.45, 7) is 1.02. The molecule has 0 spiro atoms. The van der Waals surface area contributed by atoms with Crippen LogP contribution in [0.25, 0.3) is 0 Å². The highest BCUT2D eigenvalue weighted by molar-refractivity contribution is 7.99. The van der Waals surface area contributed by atoms with Gasteiger partial charge in [-0.25, -0.2) is 0 Å². The van der Waals surface area contributed by atoms with Crippen LogP contribution in [0.5, 0.6) is 5.75 Å². The SMILES string of the molecule is COC(=O)CC[C@@H]1C[C@@H](SCc2ccc(OC)cc2)CN1. The number of rotatable bonds is 7. The van der Waals surface area contributed by atoms with Gasteiger partial charge in [0, 0.05) is 30.0 Å². The van der Waals surface area contributed by atoms with Crippen molar-refractivity contribution in [2.45, 2.75) is 36.3 Å². The Labute approximate surface area is 130 Å². The van der Waals surface area contributed by atoms with Crippen LogP contribution in [0.3, 0.4) is 0 Å². The summed E-state index contributed by atoms with van der Waals surface area (Å²) in [5.41, 5.74) is 1.32. The first-order valence-electron chi connectivity index (χ1n) is 7.26. The van der Waals surface area contributed by atoms with Crippen molar-refractivity contribution in [2.75, 3.05) is 20.8 Å². The predicted octanol–water partition coefficient (Wildman–Crippen LogP) is 2.61. The molecule has 1 aromatic carbocycles. The summed E-state index contributed by atoms with van der Waals surface area (Å²) < 4.78 is 9.84. The first-order valence-corrected chi connectivity index (χ1v) is 8.31. The molecule has 0 radical (unpaired) electrons. The highest BCUT2D eigenvalue weighted by Gasteiger charge is 2.24. The lowest BCUT2D eigenvalue weighted by molar-refractivity contribution is -0.140. The molecule has 1 aliphatic heterocycles. The topological polar surface area (TPSA) is 47.6 Å². The summed E-state index contributed by atoms with van der Waals surface area (Å²) in [6.07, 6.45) is 2.49. The summed E-state index contributed by atoms with van der Waals surface area (Å²) in [5.74, 6) is 1.79. The van der Waals surface area contributed by atoms with E-state index in [1.165, 1.54) is 12.7 Å². The minimum absolute atomic E-state index is 0.119. The minimum Gasteiger partial charge on any atom is -0.497 e. The highest BCUT2D eigenvalue weighted by atomic mass is 32.2. The molecule has 21 heavy (non-hydrogen) atoms. The molecule has 1 N–H and O–H groups in total. The van der Waals surface area contributed by atoms with Gasteiger partial charge >= 0.3 is 5.97 Å². The Balaban J connectivity index is 1.68. The van der Waals surface area contributed by atoms with Crippen LogP contribution in [-0.4, -0.2) is 38.0 Å². The van der Waals surface area contributed by atoms with Crippen molar-refractivity contribution in [1.29, 1.82) is 0 Å². The summed E-state index contributed by atoms with van der Waals surface area (Å²) in [4.78, 5) is 11.1. The van der Waals surface area contributed by atoms with E-state index in [9.17, 15) is 4.79 Å². The van der Waals surface area contributed by atoms with Crippen LogP contribution < -0.4 is 10.1 Å². The zero-order chi connectivity index (χ0) is 15.1. The number of hydrogen-bond acceptors (Lipinski definition) is 5. The molecule has 5 heteroatoms. The molecule has 1 aliphatic rings. The molecule has 0 amide bonds. The van der Waals surface area contributed by atoms with E-state index in [0.717, 1.165) is 30.9 Å². The van der Waals surface area contributed by atoms with Crippen molar-refractivity contribution >= 4 is 17.7 Å². The van der Waals surface area contributed by atoms with E-state index in [4.69, 9.17) is 4.74 Å². The molecule has 1 heterocycles. The van der Waals surface area contributed by atoms with Crippen LogP contribution in [0.4, 0.5) is 0 Å². The van der Waals surface area contributed by atoms with Gasteiger partial charge < -0.3 is 14.8 Å². The van der Waals surface area contributed by atoms with Gasteiger partial charge in [0.15, 0.2) is 0 Å². The van der Waals surface area contributed by atoms with Crippen molar-refractivity contribution in [3.63, 3.8) is 0 Å². The third-order valence-electron chi connectivity index (χ3n) is 3.75. The van der Waals surface area contributed by atoms with Crippen LogP contribution in [0.15, 0.2) is 24.3 Å². The third kappa shape index (κ3) is 5.25.